The Labute approximate surface area is 182 Å². The summed E-state index contributed by atoms with van der Waals surface area (Å²) in [6.07, 6.45) is 6.15. The lowest BCUT2D eigenvalue weighted by Gasteiger charge is -2.10. The third kappa shape index (κ3) is 5.05. The van der Waals surface area contributed by atoms with Crippen LogP contribution in [0, 0.1) is 0 Å². The van der Waals surface area contributed by atoms with Gasteiger partial charge in [-0.3, -0.25) is 9.78 Å². The van der Waals surface area contributed by atoms with Gasteiger partial charge in [-0.25, -0.2) is 4.68 Å². The van der Waals surface area contributed by atoms with Crippen molar-refractivity contribution >= 4 is 11.6 Å². The number of nitrogens with one attached hydrogen (secondary N) is 1. The van der Waals surface area contributed by atoms with Crippen LogP contribution in [0.5, 0.6) is 0 Å². The number of anilines is 1. The van der Waals surface area contributed by atoms with E-state index in [1.165, 1.54) is 5.56 Å². The molecule has 2 aromatic heterocycles. The first-order chi connectivity index (χ1) is 15.1. The molecular weight excluding hydrogens is 386 g/mol. The minimum atomic E-state index is -0.206. The largest absolute Gasteiger partial charge is 0.322 e. The van der Waals surface area contributed by atoms with Gasteiger partial charge in [-0.2, -0.15) is 5.10 Å². The molecule has 0 spiro atoms. The lowest BCUT2D eigenvalue weighted by Crippen LogP contribution is -2.15. The fourth-order valence-corrected chi connectivity index (χ4v) is 3.28. The van der Waals surface area contributed by atoms with E-state index in [1.807, 2.05) is 54.6 Å². The van der Waals surface area contributed by atoms with Gasteiger partial charge in [0, 0.05) is 36.4 Å². The lowest BCUT2D eigenvalue weighted by molar-refractivity contribution is 0.102. The van der Waals surface area contributed by atoms with Crippen molar-refractivity contribution in [1.29, 1.82) is 0 Å². The average molecular weight is 412 g/mol. The molecule has 6 nitrogen and oxygen atoms in total. The number of aromatic nitrogens is 3. The summed E-state index contributed by atoms with van der Waals surface area (Å²) in [6.45, 7) is 0.985. The SMILES string of the molecule is CN(C)CCc1ccc(NC(=O)c2cn(-c3ccccc3)nc2-c2cccnc2)cc1. The molecule has 156 valence electrons. The van der Waals surface area contributed by atoms with E-state index in [2.05, 4.69) is 46.5 Å². The average Bonchev–Trinajstić information content (AvgIpc) is 3.25. The number of carbonyl (C=O) groups excluding carboxylic acids is 1. The molecule has 31 heavy (non-hydrogen) atoms. The Bertz CT molecular complexity index is 1140. The van der Waals surface area contributed by atoms with Gasteiger partial charge in [0.15, 0.2) is 0 Å². The summed E-state index contributed by atoms with van der Waals surface area (Å²) in [4.78, 5) is 19.5. The van der Waals surface area contributed by atoms with Gasteiger partial charge in [0.1, 0.15) is 5.69 Å². The standard InChI is InChI=1S/C25H25N5O/c1-29(2)16-14-19-10-12-21(13-11-19)27-25(31)23-18-30(22-8-4-3-5-9-22)28-24(23)20-7-6-15-26-17-20/h3-13,15,17-18H,14,16H2,1-2H3,(H,27,31). The third-order valence-electron chi connectivity index (χ3n) is 4.97. The monoisotopic (exact) mass is 411 g/mol. The minimum Gasteiger partial charge on any atom is -0.322 e. The Hall–Kier alpha value is -3.77. The highest BCUT2D eigenvalue weighted by atomic mass is 16.1. The first kappa shape index (κ1) is 20.5. The summed E-state index contributed by atoms with van der Waals surface area (Å²) in [5.41, 5.74) is 4.76. The predicted octanol–water partition coefficient (Wildman–Crippen LogP) is 4.29. The van der Waals surface area contributed by atoms with E-state index >= 15 is 0 Å². The van der Waals surface area contributed by atoms with E-state index in [0.29, 0.717) is 11.3 Å². The first-order valence-electron chi connectivity index (χ1n) is 10.2. The third-order valence-corrected chi connectivity index (χ3v) is 4.97. The Kier molecular flexibility index (Phi) is 6.19. The molecule has 0 saturated heterocycles. The van der Waals surface area contributed by atoms with Crippen LogP contribution in [0.15, 0.2) is 85.3 Å². The second-order valence-corrected chi connectivity index (χ2v) is 7.62. The van der Waals surface area contributed by atoms with Crippen molar-refractivity contribution < 1.29 is 4.79 Å². The number of benzene rings is 2. The molecule has 0 bridgehead atoms. The quantitative estimate of drug-likeness (QED) is 0.493. The summed E-state index contributed by atoms with van der Waals surface area (Å²) in [7, 11) is 4.12. The maximum Gasteiger partial charge on any atom is 0.259 e. The van der Waals surface area contributed by atoms with Crippen molar-refractivity contribution in [3.63, 3.8) is 0 Å². The molecule has 1 amide bonds. The second kappa shape index (κ2) is 9.36. The zero-order valence-electron chi connectivity index (χ0n) is 17.7. The van der Waals surface area contributed by atoms with Crippen LogP contribution < -0.4 is 5.32 Å². The van der Waals surface area contributed by atoms with Gasteiger partial charge >= 0.3 is 0 Å². The summed E-state index contributed by atoms with van der Waals surface area (Å²) in [5.74, 6) is -0.206. The predicted molar refractivity (Wildman–Crippen MR) is 123 cm³/mol. The van der Waals surface area contributed by atoms with Gasteiger partial charge < -0.3 is 10.2 Å². The molecule has 0 aliphatic carbocycles. The van der Waals surface area contributed by atoms with Crippen molar-refractivity contribution in [2.45, 2.75) is 6.42 Å². The number of carbonyl (C=O) groups is 1. The molecule has 0 unspecified atom stereocenters. The van der Waals surface area contributed by atoms with Crippen LogP contribution in [-0.2, 0) is 6.42 Å². The van der Waals surface area contributed by atoms with Gasteiger partial charge in [0.25, 0.3) is 5.91 Å². The molecule has 4 rings (SSSR count). The molecule has 0 fully saturated rings. The molecule has 0 radical (unpaired) electrons. The van der Waals surface area contributed by atoms with Crippen molar-refractivity contribution in [3.8, 4) is 16.9 Å². The van der Waals surface area contributed by atoms with Gasteiger partial charge in [-0.15, -0.1) is 0 Å². The number of rotatable bonds is 7. The second-order valence-electron chi connectivity index (χ2n) is 7.62. The summed E-state index contributed by atoms with van der Waals surface area (Å²) >= 11 is 0. The molecular formula is C25H25N5O. The maximum absolute atomic E-state index is 13.2. The number of pyridine rings is 1. The van der Waals surface area contributed by atoms with Crippen LogP contribution in [0.1, 0.15) is 15.9 Å². The Balaban J connectivity index is 1.60. The van der Waals surface area contributed by atoms with Gasteiger partial charge in [0.05, 0.1) is 11.3 Å². The van der Waals surface area contributed by atoms with Crippen LogP contribution in [0.25, 0.3) is 16.9 Å². The highest BCUT2D eigenvalue weighted by Crippen LogP contribution is 2.24. The van der Waals surface area contributed by atoms with Crippen molar-refractivity contribution in [3.05, 3.63) is 96.4 Å². The van der Waals surface area contributed by atoms with Crippen LogP contribution in [0.2, 0.25) is 0 Å². The molecule has 2 aromatic carbocycles. The number of hydrogen-bond acceptors (Lipinski definition) is 4. The van der Waals surface area contributed by atoms with E-state index in [-0.39, 0.29) is 5.91 Å². The van der Waals surface area contributed by atoms with Gasteiger partial charge in [0.2, 0.25) is 0 Å². The molecule has 0 aliphatic rings. The number of para-hydroxylation sites is 1. The van der Waals surface area contributed by atoms with E-state index in [0.717, 1.165) is 29.9 Å². The highest BCUT2D eigenvalue weighted by Gasteiger charge is 2.19. The summed E-state index contributed by atoms with van der Waals surface area (Å²) < 4.78 is 1.72. The highest BCUT2D eigenvalue weighted by molar-refractivity contribution is 6.08. The van der Waals surface area contributed by atoms with Gasteiger partial charge in [-0.05, 0) is 62.5 Å². The summed E-state index contributed by atoms with van der Waals surface area (Å²) in [6, 6.07) is 21.5. The maximum atomic E-state index is 13.2. The van der Waals surface area contributed by atoms with E-state index in [1.54, 1.807) is 23.3 Å². The number of hydrogen-bond donors (Lipinski definition) is 1. The van der Waals surface area contributed by atoms with Crippen molar-refractivity contribution in [1.82, 2.24) is 19.7 Å². The van der Waals surface area contributed by atoms with Crippen LogP contribution in [-0.4, -0.2) is 46.2 Å². The van der Waals surface area contributed by atoms with Crippen molar-refractivity contribution in [2.24, 2.45) is 0 Å². The smallest absolute Gasteiger partial charge is 0.259 e. The van der Waals surface area contributed by atoms with Crippen LogP contribution >= 0.6 is 0 Å². The Morgan fingerprint density at radius 2 is 1.77 bits per heavy atom. The molecule has 6 heteroatoms. The van der Waals surface area contributed by atoms with E-state index < -0.39 is 0 Å². The lowest BCUT2D eigenvalue weighted by atomic mass is 10.1. The first-order valence-corrected chi connectivity index (χ1v) is 10.2. The Morgan fingerprint density at radius 3 is 2.45 bits per heavy atom. The molecule has 4 aromatic rings. The van der Waals surface area contributed by atoms with Gasteiger partial charge in [-0.1, -0.05) is 30.3 Å². The normalized spacial score (nSPS) is 10.9. The topological polar surface area (TPSA) is 63.1 Å². The van der Waals surface area contributed by atoms with E-state index in [9.17, 15) is 4.79 Å². The number of likely N-dealkylation sites (N-methyl/N-ethyl adjacent to an activating group) is 1. The fraction of sp³-hybridized carbons (Fsp3) is 0.160. The molecule has 2 heterocycles. The van der Waals surface area contributed by atoms with Crippen LogP contribution in [0.3, 0.4) is 0 Å². The fourth-order valence-electron chi connectivity index (χ4n) is 3.28. The zero-order chi connectivity index (χ0) is 21.6. The summed E-state index contributed by atoms with van der Waals surface area (Å²) in [5, 5.41) is 7.68. The zero-order valence-corrected chi connectivity index (χ0v) is 17.7. The van der Waals surface area contributed by atoms with E-state index in [4.69, 9.17) is 0 Å². The number of nitrogens with zero attached hydrogens (tertiary/aromatic N) is 4. The van der Waals surface area contributed by atoms with Crippen molar-refractivity contribution in [2.75, 3.05) is 26.0 Å². The molecule has 0 saturated carbocycles. The molecule has 0 atom stereocenters. The Morgan fingerprint density at radius 1 is 1.00 bits per heavy atom. The molecule has 0 aliphatic heterocycles. The minimum absolute atomic E-state index is 0.206. The van der Waals surface area contributed by atoms with Crippen LogP contribution in [0.4, 0.5) is 5.69 Å². The number of amides is 1. The molecule has 1 N–H and O–H groups in total.